The van der Waals surface area contributed by atoms with Crippen LogP contribution in [-0.4, -0.2) is 30.1 Å². The zero-order valence-corrected chi connectivity index (χ0v) is 14.3. The predicted octanol–water partition coefficient (Wildman–Crippen LogP) is 2.56. The third kappa shape index (κ3) is 9.00. The van der Waals surface area contributed by atoms with Crippen molar-refractivity contribution < 1.29 is 19.4 Å². The highest BCUT2D eigenvalue weighted by molar-refractivity contribution is 5.86. The van der Waals surface area contributed by atoms with E-state index in [0.29, 0.717) is 17.9 Å². The van der Waals surface area contributed by atoms with Crippen LogP contribution < -0.4 is 10.6 Å². The molecule has 1 rings (SSSR count). The molecule has 0 bridgehead atoms. The Bertz CT molecular complexity index is 640. The molecule has 0 heterocycles. The van der Waals surface area contributed by atoms with Crippen LogP contribution in [0.1, 0.15) is 19.8 Å². The molecule has 0 spiro atoms. The maximum atomic E-state index is 11.8. The molecule has 134 valence electrons. The number of ether oxygens (including phenoxy) is 1. The van der Waals surface area contributed by atoms with Crippen molar-refractivity contribution in [2.24, 2.45) is 0 Å². The van der Waals surface area contributed by atoms with Crippen LogP contribution in [0.25, 0.3) is 0 Å². The maximum Gasteiger partial charge on any atom is 0.258 e. The van der Waals surface area contributed by atoms with Gasteiger partial charge in [-0.3, -0.25) is 9.59 Å². The number of carbonyl (C=O) groups excluding carboxylic acids is 2. The van der Waals surface area contributed by atoms with Crippen LogP contribution in [0.4, 0.5) is 0 Å². The molecule has 0 aromatic heterocycles. The average molecular weight is 344 g/mol. The number of nitrogens with one attached hydrogen (secondary N) is 2. The first kappa shape index (κ1) is 20.0. The van der Waals surface area contributed by atoms with Crippen LogP contribution >= 0.6 is 0 Å². The number of amides is 2. The van der Waals surface area contributed by atoms with Gasteiger partial charge in [-0.25, -0.2) is 0 Å². The van der Waals surface area contributed by atoms with Gasteiger partial charge in [-0.05, 0) is 36.8 Å². The van der Waals surface area contributed by atoms with Crippen LogP contribution in [0.15, 0.2) is 72.4 Å². The Kier molecular flexibility index (Phi) is 9.22. The van der Waals surface area contributed by atoms with E-state index < -0.39 is 5.91 Å². The largest absolute Gasteiger partial charge is 0.508 e. The fourth-order valence-electron chi connectivity index (χ4n) is 1.85. The Labute approximate surface area is 147 Å². The van der Waals surface area contributed by atoms with Gasteiger partial charge in [-0.1, -0.05) is 31.7 Å². The lowest BCUT2D eigenvalue weighted by molar-refractivity contribution is -0.127. The van der Waals surface area contributed by atoms with E-state index in [1.807, 2.05) is 13.0 Å². The van der Waals surface area contributed by atoms with Gasteiger partial charge in [0.1, 0.15) is 11.5 Å². The van der Waals surface area contributed by atoms with E-state index >= 15 is 0 Å². The molecule has 0 atom stereocenters. The molecule has 0 radical (unpaired) electrons. The van der Waals surface area contributed by atoms with Gasteiger partial charge in [0.05, 0.1) is 6.54 Å². The molecule has 0 saturated heterocycles. The summed E-state index contributed by atoms with van der Waals surface area (Å²) < 4.78 is 5.38. The molecule has 6 nitrogen and oxygen atoms in total. The number of allylic oxidation sites excluding steroid dienone is 8. The third-order valence-electron chi connectivity index (χ3n) is 3.00. The lowest BCUT2D eigenvalue weighted by atomic mass is 10.3. The van der Waals surface area contributed by atoms with E-state index in [2.05, 4.69) is 17.2 Å². The van der Waals surface area contributed by atoms with Gasteiger partial charge in [0.2, 0.25) is 5.91 Å². The van der Waals surface area contributed by atoms with Gasteiger partial charge < -0.3 is 20.5 Å². The number of carbonyl (C=O) groups is 2. The van der Waals surface area contributed by atoms with Crippen molar-refractivity contribution in [2.45, 2.75) is 19.8 Å². The highest BCUT2D eigenvalue weighted by atomic mass is 16.5. The number of aliphatic hydroxyl groups excluding tert-OH is 1. The third-order valence-corrected chi connectivity index (χ3v) is 3.00. The minimum absolute atomic E-state index is 0.121. The van der Waals surface area contributed by atoms with Gasteiger partial charge >= 0.3 is 0 Å². The highest BCUT2D eigenvalue weighted by Crippen LogP contribution is 2.07. The summed E-state index contributed by atoms with van der Waals surface area (Å²) in [5.41, 5.74) is 0.638. The monoisotopic (exact) mass is 344 g/mol. The van der Waals surface area contributed by atoms with Crippen molar-refractivity contribution in [3.63, 3.8) is 0 Å². The van der Waals surface area contributed by atoms with Gasteiger partial charge in [-0.15, -0.1) is 0 Å². The summed E-state index contributed by atoms with van der Waals surface area (Å²) in [7, 11) is 0. The summed E-state index contributed by atoms with van der Waals surface area (Å²) >= 11 is 0. The highest BCUT2D eigenvalue weighted by Gasteiger charge is 2.08. The molecular weight excluding hydrogens is 320 g/mol. The van der Waals surface area contributed by atoms with Gasteiger partial charge in [0.25, 0.3) is 5.91 Å². The van der Waals surface area contributed by atoms with E-state index in [1.54, 1.807) is 36.5 Å². The Morgan fingerprint density at radius 1 is 1.36 bits per heavy atom. The summed E-state index contributed by atoms with van der Waals surface area (Å²) in [5.74, 6) is -0.0461. The van der Waals surface area contributed by atoms with Gasteiger partial charge in [0.15, 0.2) is 6.61 Å². The quantitative estimate of drug-likeness (QED) is 0.443. The molecule has 3 N–H and O–H groups in total. The van der Waals surface area contributed by atoms with Crippen LogP contribution in [0, 0.1) is 0 Å². The molecule has 0 saturated carbocycles. The first-order chi connectivity index (χ1) is 12.0. The maximum absolute atomic E-state index is 11.8. The van der Waals surface area contributed by atoms with E-state index in [0.717, 1.165) is 6.42 Å². The van der Waals surface area contributed by atoms with E-state index in [4.69, 9.17) is 4.74 Å². The predicted molar refractivity (Wildman–Crippen MR) is 97.4 cm³/mol. The minimum Gasteiger partial charge on any atom is -0.508 e. The zero-order chi connectivity index (χ0) is 18.5. The van der Waals surface area contributed by atoms with Crippen molar-refractivity contribution in [3.8, 4) is 0 Å². The number of aliphatic hydroxyl groups is 1. The van der Waals surface area contributed by atoms with Crippen molar-refractivity contribution in [1.29, 1.82) is 0 Å². The summed E-state index contributed by atoms with van der Waals surface area (Å²) in [6, 6.07) is 0. The van der Waals surface area contributed by atoms with Crippen molar-refractivity contribution in [1.82, 2.24) is 10.6 Å². The van der Waals surface area contributed by atoms with Crippen molar-refractivity contribution in [3.05, 3.63) is 72.4 Å². The van der Waals surface area contributed by atoms with Crippen molar-refractivity contribution >= 4 is 11.8 Å². The van der Waals surface area contributed by atoms with E-state index in [-0.39, 0.29) is 24.8 Å². The van der Waals surface area contributed by atoms with Crippen LogP contribution in [0.5, 0.6) is 0 Å². The molecule has 0 unspecified atom stereocenters. The standard InChI is InChI=1S/C19H24N2O4/c1-3-5-10-17(7-4-2)25-14-19(24)20-13-18(23)21-15-8-6-9-16(22)12-11-15/h3,5-7,9-12,22H,1,4,8,13-14H2,2H3,(H,20,24)(H,21,23)/b10-5-,17-7+. The second-order valence-corrected chi connectivity index (χ2v) is 5.11. The molecule has 6 heteroatoms. The average Bonchev–Trinajstić information content (AvgIpc) is 2.80. The van der Waals surface area contributed by atoms with Gasteiger partial charge in [0, 0.05) is 12.1 Å². The molecule has 25 heavy (non-hydrogen) atoms. The molecule has 0 aliphatic heterocycles. The molecule has 0 aromatic carbocycles. The van der Waals surface area contributed by atoms with Crippen LogP contribution in [-0.2, 0) is 14.3 Å². The Hall–Kier alpha value is -3.02. The fourth-order valence-corrected chi connectivity index (χ4v) is 1.85. The molecule has 2 amide bonds. The first-order valence-electron chi connectivity index (χ1n) is 8.00. The van der Waals surface area contributed by atoms with E-state index in [1.165, 1.54) is 6.08 Å². The summed E-state index contributed by atoms with van der Waals surface area (Å²) in [5, 5.41) is 14.5. The first-order valence-corrected chi connectivity index (χ1v) is 8.00. The molecule has 1 aliphatic rings. The Morgan fingerprint density at radius 2 is 2.16 bits per heavy atom. The molecule has 1 aliphatic carbocycles. The number of rotatable bonds is 9. The lowest BCUT2D eigenvalue weighted by Gasteiger charge is -2.10. The second kappa shape index (κ2) is 11.5. The topological polar surface area (TPSA) is 87.7 Å². The second-order valence-electron chi connectivity index (χ2n) is 5.11. The normalized spacial score (nSPS) is 14.4. The van der Waals surface area contributed by atoms with Gasteiger partial charge in [-0.2, -0.15) is 0 Å². The smallest absolute Gasteiger partial charge is 0.258 e. The van der Waals surface area contributed by atoms with Crippen molar-refractivity contribution in [2.75, 3.05) is 13.2 Å². The Balaban J connectivity index is 2.37. The minimum atomic E-state index is -0.392. The summed E-state index contributed by atoms with van der Waals surface area (Å²) in [6.45, 7) is 5.20. The molecular formula is C19H24N2O4. The number of hydrogen-bond acceptors (Lipinski definition) is 4. The molecule has 0 aromatic rings. The summed E-state index contributed by atoms with van der Waals surface area (Å²) in [4.78, 5) is 23.6. The summed E-state index contributed by atoms with van der Waals surface area (Å²) in [6.07, 6.45) is 14.5. The Morgan fingerprint density at radius 3 is 2.88 bits per heavy atom. The lowest BCUT2D eigenvalue weighted by Crippen LogP contribution is -2.38. The van der Waals surface area contributed by atoms with Crippen LogP contribution in [0.3, 0.4) is 0 Å². The number of hydrogen-bond donors (Lipinski definition) is 3. The van der Waals surface area contributed by atoms with Crippen LogP contribution in [0.2, 0.25) is 0 Å². The molecule has 0 fully saturated rings. The fraction of sp³-hybridized carbons (Fsp3) is 0.263. The van der Waals surface area contributed by atoms with E-state index in [9.17, 15) is 14.7 Å². The SMILES string of the molecule is C=C/C=C\C(=C/CC)OCC(=O)NCC(=O)NC1=CC=C(O)C=CC1. The zero-order valence-electron chi connectivity index (χ0n) is 14.3.